The monoisotopic (exact) mass is 330 g/mol. The van der Waals surface area contributed by atoms with Gasteiger partial charge < -0.3 is 15.8 Å². The van der Waals surface area contributed by atoms with Crippen molar-refractivity contribution in [3.05, 3.63) is 64.7 Å². The standard InChI is InChI=1S/C17H15ClN2O3/c18-12-6-7-13-11(8-12)9-14(23-13)17(22)20-15(16(19)21)10-4-2-1-3-5-10/h1-8,14-15H,9H2,(H2,19,21)(H,20,22)/t14?,15-/m0/s1. The zero-order chi connectivity index (χ0) is 16.4. The van der Waals surface area contributed by atoms with Crippen LogP contribution in [0.3, 0.4) is 0 Å². The fraction of sp³-hybridized carbons (Fsp3) is 0.176. The van der Waals surface area contributed by atoms with Gasteiger partial charge in [-0.05, 0) is 29.3 Å². The second-order valence-electron chi connectivity index (χ2n) is 5.32. The molecular weight excluding hydrogens is 316 g/mol. The third-order valence-electron chi connectivity index (χ3n) is 3.69. The van der Waals surface area contributed by atoms with Gasteiger partial charge in [-0.2, -0.15) is 0 Å². The quantitative estimate of drug-likeness (QED) is 0.899. The SMILES string of the molecule is NC(=O)[C@@H](NC(=O)C1Cc2cc(Cl)ccc2O1)c1ccccc1. The summed E-state index contributed by atoms with van der Waals surface area (Å²) in [6, 6.07) is 13.2. The van der Waals surface area contributed by atoms with Gasteiger partial charge >= 0.3 is 0 Å². The van der Waals surface area contributed by atoms with Crippen LogP contribution in [0.2, 0.25) is 5.02 Å². The van der Waals surface area contributed by atoms with E-state index in [1.54, 1.807) is 42.5 Å². The molecule has 0 saturated heterocycles. The number of fused-ring (bicyclic) bond motifs is 1. The van der Waals surface area contributed by atoms with Crippen molar-refractivity contribution < 1.29 is 14.3 Å². The van der Waals surface area contributed by atoms with E-state index >= 15 is 0 Å². The van der Waals surface area contributed by atoms with Crippen LogP contribution >= 0.6 is 11.6 Å². The first-order valence-electron chi connectivity index (χ1n) is 7.14. The molecule has 1 unspecified atom stereocenters. The smallest absolute Gasteiger partial charge is 0.262 e. The molecule has 1 aliphatic rings. The van der Waals surface area contributed by atoms with Gasteiger partial charge in [-0.15, -0.1) is 0 Å². The normalized spacial score (nSPS) is 17.0. The molecular formula is C17H15ClN2O3. The van der Waals surface area contributed by atoms with Gasteiger partial charge in [-0.1, -0.05) is 41.9 Å². The van der Waals surface area contributed by atoms with Gasteiger partial charge in [0.15, 0.2) is 6.10 Å². The molecule has 0 radical (unpaired) electrons. The Morgan fingerprint density at radius 3 is 2.65 bits per heavy atom. The maximum absolute atomic E-state index is 12.4. The number of nitrogens with one attached hydrogen (secondary N) is 1. The molecule has 23 heavy (non-hydrogen) atoms. The number of amides is 2. The minimum Gasteiger partial charge on any atom is -0.480 e. The first-order valence-corrected chi connectivity index (χ1v) is 7.52. The summed E-state index contributed by atoms with van der Waals surface area (Å²) < 4.78 is 5.62. The zero-order valence-corrected chi connectivity index (χ0v) is 12.9. The molecule has 2 atom stereocenters. The Morgan fingerprint density at radius 2 is 1.96 bits per heavy atom. The number of hydrogen-bond donors (Lipinski definition) is 2. The number of rotatable bonds is 4. The van der Waals surface area contributed by atoms with E-state index in [0.717, 1.165) is 5.56 Å². The third-order valence-corrected chi connectivity index (χ3v) is 3.93. The van der Waals surface area contributed by atoms with Crippen LogP contribution in [-0.2, 0) is 16.0 Å². The van der Waals surface area contributed by atoms with E-state index in [1.807, 2.05) is 6.07 Å². The second kappa shape index (κ2) is 6.30. The summed E-state index contributed by atoms with van der Waals surface area (Å²) in [6.45, 7) is 0. The van der Waals surface area contributed by atoms with Gasteiger partial charge in [-0.25, -0.2) is 0 Å². The van der Waals surface area contributed by atoms with Gasteiger partial charge in [0.2, 0.25) is 5.91 Å². The summed E-state index contributed by atoms with van der Waals surface area (Å²) in [7, 11) is 0. The van der Waals surface area contributed by atoms with E-state index in [1.165, 1.54) is 0 Å². The lowest BCUT2D eigenvalue weighted by molar-refractivity contribution is -0.131. The maximum atomic E-state index is 12.4. The number of carbonyl (C=O) groups excluding carboxylic acids is 2. The van der Waals surface area contributed by atoms with Crippen LogP contribution in [0.4, 0.5) is 0 Å². The first-order chi connectivity index (χ1) is 11.0. The molecule has 0 spiro atoms. The predicted molar refractivity (Wildman–Crippen MR) is 86.1 cm³/mol. The fourth-order valence-corrected chi connectivity index (χ4v) is 2.76. The zero-order valence-electron chi connectivity index (χ0n) is 12.2. The molecule has 6 heteroatoms. The minimum absolute atomic E-state index is 0.384. The number of ether oxygens (including phenoxy) is 1. The van der Waals surface area contributed by atoms with E-state index in [0.29, 0.717) is 22.8 Å². The average molecular weight is 331 g/mol. The topological polar surface area (TPSA) is 81.4 Å². The van der Waals surface area contributed by atoms with Gasteiger partial charge in [0.05, 0.1) is 0 Å². The molecule has 2 aromatic rings. The number of nitrogens with two attached hydrogens (primary N) is 1. The van der Waals surface area contributed by atoms with Gasteiger partial charge in [0.25, 0.3) is 5.91 Å². The third kappa shape index (κ3) is 3.29. The van der Waals surface area contributed by atoms with Crippen LogP contribution in [0.15, 0.2) is 48.5 Å². The van der Waals surface area contributed by atoms with Crippen LogP contribution in [-0.4, -0.2) is 17.9 Å². The van der Waals surface area contributed by atoms with E-state index < -0.39 is 18.1 Å². The van der Waals surface area contributed by atoms with Crippen LogP contribution < -0.4 is 15.8 Å². The highest BCUT2D eigenvalue weighted by Crippen LogP contribution is 2.31. The van der Waals surface area contributed by atoms with Crippen molar-refractivity contribution in [1.29, 1.82) is 0 Å². The molecule has 3 rings (SSSR count). The summed E-state index contributed by atoms with van der Waals surface area (Å²) in [6.07, 6.45) is -0.295. The van der Waals surface area contributed by atoms with E-state index in [2.05, 4.69) is 5.32 Å². The Labute approximate surface area is 138 Å². The van der Waals surface area contributed by atoms with E-state index in [-0.39, 0.29) is 5.91 Å². The lowest BCUT2D eigenvalue weighted by atomic mass is 10.1. The fourth-order valence-electron chi connectivity index (χ4n) is 2.56. The molecule has 1 heterocycles. The maximum Gasteiger partial charge on any atom is 0.262 e. The molecule has 0 aromatic heterocycles. The molecule has 0 bridgehead atoms. The molecule has 2 aromatic carbocycles. The van der Waals surface area contributed by atoms with Crippen LogP contribution in [0, 0.1) is 0 Å². The van der Waals surface area contributed by atoms with Gasteiger partial charge in [-0.3, -0.25) is 9.59 Å². The first kappa shape index (κ1) is 15.4. The van der Waals surface area contributed by atoms with E-state index in [4.69, 9.17) is 22.1 Å². The summed E-state index contributed by atoms with van der Waals surface area (Å²) in [4.78, 5) is 24.1. The largest absolute Gasteiger partial charge is 0.480 e. The molecule has 2 amide bonds. The minimum atomic E-state index is -0.889. The predicted octanol–water partition coefficient (Wildman–Crippen LogP) is 1.99. The number of benzene rings is 2. The van der Waals surface area contributed by atoms with Crippen molar-refractivity contribution in [2.45, 2.75) is 18.6 Å². The Balaban J connectivity index is 1.73. The Kier molecular flexibility index (Phi) is 4.21. The Morgan fingerprint density at radius 1 is 1.22 bits per heavy atom. The number of primary amides is 1. The molecule has 0 saturated carbocycles. The molecule has 5 nitrogen and oxygen atoms in total. The second-order valence-corrected chi connectivity index (χ2v) is 5.75. The van der Waals surface area contributed by atoms with Crippen molar-refractivity contribution in [3.8, 4) is 5.75 Å². The lowest BCUT2D eigenvalue weighted by Gasteiger charge is -2.18. The number of halogens is 1. The summed E-state index contributed by atoms with van der Waals surface area (Å²) in [5.41, 5.74) is 6.91. The highest BCUT2D eigenvalue weighted by Gasteiger charge is 2.32. The van der Waals surface area contributed by atoms with Crippen molar-refractivity contribution in [1.82, 2.24) is 5.32 Å². The summed E-state index contributed by atoms with van der Waals surface area (Å²) >= 11 is 5.94. The van der Waals surface area contributed by atoms with Crippen molar-refractivity contribution in [2.24, 2.45) is 5.73 Å². The lowest BCUT2D eigenvalue weighted by Crippen LogP contribution is -2.44. The highest BCUT2D eigenvalue weighted by molar-refractivity contribution is 6.30. The van der Waals surface area contributed by atoms with Crippen molar-refractivity contribution >= 4 is 23.4 Å². The van der Waals surface area contributed by atoms with Gasteiger partial charge in [0.1, 0.15) is 11.8 Å². The van der Waals surface area contributed by atoms with Crippen LogP contribution in [0.25, 0.3) is 0 Å². The number of hydrogen-bond acceptors (Lipinski definition) is 3. The Bertz CT molecular complexity index is 749. The average Bonchev–Trinajstić information content (AvgIpc) is 2.96. The molecule has 0 aliphatic carbocycles. The molecule has 1 aliphatic heterocycles. The van der Waals surface area contributed by atoms with E-state index in [9.17, 15) is 9.59 Å². The molecule has 3 N–H and O–H groups in total. The molecule has 118 valence electrons. The molecule has 0 fully saturated rings. The van der Waals surface area contributed by atoms with Crippen molar-refractivity contribution in [2.75, 3.05) is 0 Å². The Hall–Kier alpha value is -2.53. The summed E-state index contributed by atoms with van der Waals surface area (Å²) in [5.74, 6) is -0.377. The van der Waals surface area contributed by atoms with Crippen LogP contribution in [0.1, 0.15) is 17.2 Å². The highest BCUT2D eigenvalue weighted by atomic mass is 35.5. The number of carbonyl (C=O) groups is 2. The van der Waals surface area contributed by atoms with Gasteiger partial charge in [0, 0.05) is 11.4 Å². The van der Waals surface area contributed by atoms with Crippen LogP contribution in [0.5, 0.6) is 5.75 Å². The summed E-state index contributed by atoms with van der Waals surface area (Å²) in [5, 5.41) is 3.24. The van der Waals surface area contributed by atoms with Crippen molar-refractivity contribution in [3.63, 3.8) is 0 Å².